The summed E-state index contributed by atoms with van der Waals surface area (Å²) >= 11 is 1.27. The number of carbonyl (C=O) groups is 3. The summed E-state index contributed by atoms with van der Waals surface area (Å²) in [4.78, 5) is 36.1. The number of nitrogens with one attached hydrogen (secondary N) is 1. The first-order valence-electron chi connectivity index (χ1n) is 5.82. The number of amides is 3. The Bertz CT molecular complexity index is 564. The van der Waals surface area contributed by atoms with Crippen LogP contribution >= 0.6 is 11.3 Å². The van der Waals surface area contributed by atoms with Gasteiger partial charge in [0.05, 0.1) is 12.6 Å². The van der Waals surface area contributed by atoms with E-state index in [1.165, 1.54) is 16.2 Å². The third-order valence-corrected chi connectivity index (χ3v) is 3.56. The van der Waals surface area contributed by atoms with Gasteiger partial charge in [0.15, 0.2) is 0 Å². The lowest BCUT2D eigenvalue weighted by Gasteiger charge is -2.28. The molecule has 104 valence electrons. The summed E-state index contributed by atoms with van der Waals surface area (Å²) in [5, 5.41) is 12.6. The van der Waals surface area contributed by atoms with Crippen molar-refractivity contribution in [2.24, 2.45) is 5.92 Å². The second-order valence-electron chi connectivity index (χ2n) is 4.04. The molecule has 0 bridgehead atoms. The van der Waals surface area contributed by atoms with Gasteiger partial charge in [-0.05, 0) is 11.4 Å². The average Bonchev–Trinajstić information content (AvgIpc) is 2.95. The third-order valence-electron chi connectivity index (χ3n) is 2.71. The van der Waals surface area contributed by atoms with E-state index in [1.54, 1.807) is 17.5 Å². The number of hydrogen-bond acceptors (Lipinski definition) is 6. The van der Waals surface area contributed by atoms with Crippen LogP contribution < -0.4 is 5.32 Å². The topological polar surface area (TPSA) is 99.5 Å². The molecule has 1 N–H and O–H groups in total. The summed E-state index contributed by atoms with van der Waals surface area (Å²) < 4.78 is 5.02. The molecule has 8 heteroatoms. The molecule has 1 saturated heterocycles. The number of ether oxygens (including phenoxy) is 1. The average molecular weight is 293 g/mol. The number of rotatable bonds is 4. The van der Waals surface area contributed by atoms with Crippen molar-refractivity contribution in [2.75, 3.05) is 19.7 Å². The van der Waals surface area contributed by atoms with E-state index in [0.717, 1.165) is 0 Å². The Morgan fingerprint density at radius 1 is 1.60 bits per heavy atom. The number of urea groups is 1. The van der Waals surface area contributed by atoms with Gasteiger partial charge in [0.2, 0.25) is 5.91 Å². The Hall–Kier alpha value is -2.40. The van der Waals surface area contributed by atoms with Crippen LogP contribution in [-0.4, -0.2) is 42.5 Å². The number of hydrogen-bond donors (Lipinski definition) is 1. The molecule has 3 amide bonds. The summed E-state index contributed by atoms with van der Waals surface area (Å²) in [6.07, 6.45) is 0. The van der Waals surface area contributed by atoms with Gasteiger partial charge in [-0.15, -0.1) is 11.3 Å². The Morgan fingerprint density at radius 2 is 2.40 bits per heavy atom. The summed E-state index contributed by atoms with van der Waals surface area (Å²) in [6, 6.07) is 4.62. The first-order chi connectivity index (χ1) is 9.61. The van der Waals surface area contributed by atoms with Crippen LogP contribution in [0.25, 0.3) is 0 Å². The van der Waals surface area contributed by atoms with Crippen molar-refractivity contribution < 1.29 is 19.1 Å². The lowest BCUT2D eigenvalue weighted by atomic mass is 10.1. The Balaban J connectivity index is 1.82. The highest BCUT2D eigenvalue weighted by Crippen LogP contribution is 2.10. The van der Waals surface area contributed by atoms with Crippen molar-refractivity contribution in [2.45, 2.75) is 0 Å². The van der Waals surface area contributed by atoms with Gasteiger partial charge in [-0.3, -0.25) is 10.1 Å². The molecule has 0 spiro atoms. The largest absolute Gasteiger partial charge is 0.460 e. The van der Waals surface area contributed by atoms with Crippen LogP contribution in [0.5, 0.6) is 0 Å². The zero-order valence-electron chi connectivity index (χ0n) is 10.4. The second kappa shape index (κ2) is 6.16. The van der Waals surface area contributed by atoms with Crippen LogP contribution in [0.15, 0.2) is 17.5 Å². The lowest BCUT2D eigenvalue weighted by molar-refractivity contribution is -0.124. The first kappa shape index (κ1) is 14.0. The quantitative estimate of drug-likeness (QED) is 0.819. The molecule has 2 heterocycles. The van der Waals surface area contributed by atoms with Crippen LogP contribution in [0.4, 0.5) is 4.79 Å². The van der Waals surface area contributed by atoms with Crippen LogP contribution in [0.1, 0.15) is 9.67 Å². The number of nitrogens with zero attached hydrogens (tertiary/aromatic N) is 2. The van der Waals surface area contributed by atoms with E-state index in [9.17, 15) is 14.4 Å². The minimum atomic E-state index is -0.888. The maximum atomic E-state index is 11.6. The van der Waals surface area contributed by atoms with E-state index in [0.29, 0.717) is 4.88 Å². The molecule has 1 fully saturated rings. The minimum Gasteiger partial charge on any atom is -0.460 e. The third kappa shape index (κ3) is 3.13. The summed E-state index contributed by atoms with van der Waals surface area (Å²) in [5.74, 6) is -1.93. The van der Waals surface area contributed by atoms with Crippen LogP contribution in [-0.2, 0) is 9.53 Å². The highest BCUT2D eigenvalue weighted by atomic mass is 32.1. The normalized spacial score (nSPS) is 18.4. The first-order valence-corrected chi connectivity index (χ1v) is 6.70. The van der Waals surface area contributed by atoms with Crippen molar-refractivity contribution in [1.29, 1.82) is 5.26 Å². The second-order valence-corrected chi connectivity index (χ2v) is 4.98. The fourth-order valence-electron chi connectivity index (χ4n) is 1.66. The van der Waals surface area contributed by atoms with E-state index >= 15 is 0 Å². The molecule has 0 aliphatic carbocycles. The van der Waals surface area contributed by atoms with Crippen molar-refractivity contribution in [3.05, 3.63) is 22.4 Å². The van der Waals surface area contributed by atoms with E-state index in [-0.39, 0.29) is 19.7 Å². The van der Waals surface area contributed by atoms with Gasteiger partial charge in [-0.2, -0.15) is 5.26 Å². The van der Waals surface area contributed by atoms with Gasteiger partial charge in [0, 0.05) is 6.54 Å². The standard InChI is InChI=1S/C12H11N3O4S/c13-6-8-7-15(12(18)14-10(8)16)3-4-19-11(17)9-2-1-5-20-9/h1-2,5,8H,3-4,7H2,(H,14,16,18). The molecule has 7 nitrogen and oxygen atoms in total. The highest BCUT2D eigenvalue weighted by Gasteiger charge is 2.31. The Labute approximate surface area is 118 Å². The number of carbonyl (C=O) groups excluding carboxylic acids is 3. The Kier molecular flexibility index (Phi) is 4.32. The van der Waals surface area contributed by atoms with E-state index < -0.39 is 23.8 Å². The molecule has 2 rings (SSSR count). The predicted octanol–water partition coefficient (Wildman–Crippen LogP) is 0.596. The van der Waals surface area contributed by atoms with Gasteiger partial charge < -0.3 is 9.64 Å². The van der Waals surface area contributed by atoms with Crippen molar-refractivity contribution >= 4 is 29.2 Å². The molecule has 0 saturated carbocycles. The molecule has 1 unspecified atom stereocenters. The van der Waals surface area contributed by atoms with E-state index in [4.69, 9.17) is 10.00 Å². The van der Waals surface area contributed by atoms with Gasteiger partial charge in [-0.1, -0.05) is 6.07 Å². The number of esters is 1. The monoisotopic (exact) mass is 293 g/mol. The fourth-order valence-corrected chi connectivity index (χ4v) is 2.28. The maximum Gasteiger partial charge on any atom is 0.348 e. The molecule has 1 atom stereocenters. The highest BCUT2D eigenvalue weighted by molar-refractivity contribution is 7.11. The molecule has 20 heavy (non-hydrogen) atoms. The van der Waals surface area contributed by atoms with Gasteiger partial charge in [0.25, 0.3) is 0 Å². The van der Waals surface area contributed by atoms with Crippen LogP contribution in [0, 0.1) is 17.2 Å². The fraction of sp³-hybridized carbons (Fsp3) is 0.333. The van der Waals surface area contributed by atoms with Crippen molar-refractivity contribution in [3.8, 4) is 6.07 Å². The Morgan fingerprint density at radius 3 is 3.05 bits per heavy atom. The molecule has 1 aromatic heterocycles. The van der Waals surface area contributed by atoms with E-state index in [1.807, 2.05) is 6.07 Å². The number of thiophene rings is 1. The van der Waals surface area contributed by atoms with Gasteiger partial charge >= 0.3 is 12.0 Å². The van der Waals surface area contributed by atoms with Crippen molar-refractivity contribution in [3.63, 3.8) is 0 Å². The molecule has 0 radical (unpaired) electrons. The molecule has 1 aliphatic heterocycles. The minimum absolute atomic E-state index is 0.0104. The molecule has 0 aromatic carbocycles. The smallest absolute Gasteiger partial charge is 0.348 e. The molecule has 1 aromatic rings. The van der Waals surface area contributed by atoms with E-state index in [2.05, 4.69) is 5.32 Å². The maximum absolute atomic E-state index is 11.6. The lowest BCUT2D eigenvalue weighted by Crippen LogP contribution is -2.54. The van der Waals surface area contributed by atoms with Gasteiger partial charge in [0.1, 0.15) is 17.4 Å². The molecule has 1 aliphatic rings. The van der Waals surface area contributed by atoms with Crippen LogP contribution in [0.3, 0.4) is 0 Å². The molecular formula is C12H11N3O4S. The zero-order valence-corrected chi connectivity index (χ0v) is 11.2. The zero-order chi connectivity index (χ0) is 14.5. The molecular weight excluding hydrogens is 282 g/mol. The predicted molar refractivity (Wildman–Crippen MR) is 68.8 cm³/mol. The number of imide groups is 1. The van der Waals surface area contributed by atoms with Gasteiger partial charge in [-0.25, -0.2) is 9.59 Å². The summed E-state index contributed by atoms with van der Waals surface area (Å²) in [7, 11) is 0. The summed E-state index contributed by atoms with van der Waals surface area (Å²) in [5.41, 5.74) is 0. The van der Waals surface area contributed by atoms with Crippen LogP contribution in [0.2, 0.25) is 0 Å². The van der Waals surface area contributed by atoms with Crippen molar-refractivity contribution in [1.82, 2.24) is 10.2 Å². The number of nitriles is 1. The SMILES string of the molecule is N#CC1CN(CCOC(=O)c2cccs2)C(=O)NC1=O. The summed E-state index contributed by atoms with van der Waals surface area (Å²) in [6.45, 7) is 0.155.